The Kier molecular flexibility index (Phi) is 4.25. The Morgan fingerprint density at radius 2 is 1.72 bits per heavy atom. The van der Waals surface area contributed by atoms with Crippen molar-refractivity contribution in [2.24, 2.45) is 0 Å². The lowest BCUT2D eigenvalue weighted by Crippen LogP contribution is -2.38. The van der Waals surface area contributed by atoms with Gasteiger partial charge in [-0.1, -0.05) is 42.5 Å². The topological polar surface area (TPSA) is 58.3 Å². The van der Waals surface area contributed by atoms with Crippen molar-refractivity contribution in [1.82, 2.24) is 0 Å². The zero-order valence-corrected chi connectivity index (χ0v) is 11.7. The highest BCUT2D eigenvalue weighted by atomic mass is 35.5. The predicted octanol–water partition coefficient (Wildman–Crippen LogP) is 3.68. The van der Waals surface area contributed by atoms with Crippen LogP contribution in [-0.2, 0) is 0 Å². The van der Waals surface area contributed by atoms with Crippen LogP contribution in [0.2, 0.25) is 10.0 Å². The summed E-state index contributed by atoms with van der Waals surface area (Å²) >= 11 is 12.2. The van der Waals surface area contributed by atoms with E-state index in [1.165, 1.54) is 6.42 Å². The minimum atomic E-state index is -0.647. The molecule has 1 fully saturated rings. The largest absolute Gasteiger partial charge is 0.399 e. The van der Waals surface area contributed by atoms with E-state index in [0.717, 1.165) is 25.7 Å². The lowest BCUT2D eigenvalue weighted by Gasteiger charge is -2.32. The number of aliphatic hydroxyl groups is 1. The van der Waals surface area contributed by atoms with Gasteiger partial charge in [0.2, 0.25) is 0 Å². The molecule has 0 aliphatic heterocycles. The van der Waals surface area contributed by atoms with Crippen LogP contribution >= 0.6 is 23.2 Å². The van der Waals surface area contributed by atoms with Crippen molar-refractivity contribution in [2.75, 3.05) is 17.6 Å². The average Bonchev–Trinajstić information content (AvgIpc) is 2.28. The van der Waals surface area contributed by atoms with Crippen molar-refractivity contribution >= 4 is 34.6 Å². The summed E-state index contributed by atoms with van der Waals surface area (Å²) in [5.41, 5.74) is 6.18. The van der Waals surface area contributed by atoms with Gasteiger partial charge in [0.1, 0.15) is 0 Å². The fourth-order valence-corrected chi connectivity index (χ4v) is 3.04. The standard InChI is InChI=1S/C13H18Cl2N2O/c14-10-6-9(16)7-11(15)12(10)17-8-13(18)4-2-1-3-5-13/h6-7,17-18H,1-5,8,16H2. The number of nitrogens with one attached hydrogen (secondary N) is 1. The maximum atomic E-state index is 10.4. The molecule has 0 heterocycles. The van der Waals surface area contributed by atoms with E-state index in [-0.39, 0.29) is 0 Å². The van der Waals surface area contributed by atoms with E-state index >= 15 is 0 Å². The van der Waals surface area contributed by atoms with Gasteiger partial charge in [0.25, 0.3) is 0 Å². The van der Waals surface area contributed by atoms with Gasteiger partial charge in [-0.2, -0.15) is 0 Å². The first kappa shape index (κ1) is 13.8. The Labute approximate surface area is 117 Å². The summed E-state index contributed by atoms with van der Waals surface area (Å²) in [5, 5.41) is 14.5. The van der Waals surface area contributed by atoms with E-state index < -0.39 is 5.60 Å². The molecule has 1 saturated carbocycles. The molecular weight excluding hydrogens is 271 g/mol. The van der Waals surface area contributed by atoms with Gasteiger partial charge in [-0.25, -0.2) is 0 Å². The molecule has 5 heteroatoms. The highest BCUT2D eigenvalue weighted by Gasteiger charge is 2.29. The van der Waals surface area contributed by atoms with Gasteiger partial charge in [-0.15, -0.1) is 0 Å². The van der Waals surface area contributed by atoms with Gasteiger partial charge in [-0.3, -0.25) is 0 Å². The molecule has 0 radical (unpaired) electrons. The molecule has 100 valence electrons. The van der Waals surface area contributed by atoms with Crippen molar-refractivity contribution in [2.45, 2.75) is 37.7 Å². The molecule has 0 spiro atoms. The van der Waals surface area contributed by atoms with Crippen molar-refractivity contribution in [3.05, 3.63) is 22.2 Å². The SMILES string of the molecule is Nc1cc(Cl)c(NCC2(O)CCCCC2)c(Cl)c1. The summed E-state index contributed by atoms with van der Waals surface area (Å²) in [4.78, 5) is 0. The van der Waals surface area contributed by atoms with Gasteiger partial charge in [0, 0.05) is 12.2 Å². The number of nitrogen functional groups attached to an aromatic ring is 1. The van der Waals surface area contributed by atoms with Crippen LogP contribution in [0.5, 0.6) is 0 Å². The van der Waals surface area contributed by atoms with Crippen LogP contribution in [0.15, 0.2) is 12.1 Å². The molecule has 1 aliphatic carbocycles. The van der Waals surface area contributed by atoms with E-state index in [9.17, 15) is 5.11 Å². The smallest absolute Gasteiger partial charge is 0.0819 e. The number of hydrogen-bond acceptors (Lipinski definition) is 3. The Bertz CT molecular complexity index is 408. The molecular formula is C13H18Cl2N2O. The summed E-state index contributed by atoms with van der Waals surface area (Å²) in [6.45, 7) is 0.469. The molecule has 1 aromatic carbocycles. The first-order valence-corrected chi connectivity index (χ1v) is 6.97. The van der Waals surface area contributed by atoms with Crippen LogP contribution in [0.3, 0.4) is 0 Å². The van der Waals surface area contributed by atoms with E-state index in [1.807, 2.05) is 0 Å². The van der Waals surface area contributed by atoms with Crippen LogP contribution in [0.25, 0.3) is 0 Å². The first-order chi connectivity index (χ1) is 8.50. The van der Waals surface area contributed by atoms with Gasteiger partial charge in [0.05, 0.1) is 21.3 Å². The molecule has 1 aromatic rings. The summed E-state index contributed by atoms with van der Waals surface area (Å²) in [6.07, 6.45) is 4.99. The number of nitrogens with two attached hydrogens (primary N) is 1. The van der Waals surface area contributed by atoms with Gasteiger partial charge < -0.3 is 16.2 Å². The molecule has 18 heavy (non-hydrogen) atoms. The van der Waals surface area contributed by atoms with E-state index in [0.29, 0.717) is 28.0 Å². The number of anilines is 2. The predicted molar refractivity (Wildman–Crippen MR) is 77.4 cm³/mol. The number of halogens is 2. The molecule has 0 saturated heterocycles. The normalized spacial score (nSPS) is 18.6. The lowest BCUT2D eigenvalue weighted by molar-refractivity contribution is 0.0167. The Morgan fingerprint density at radius 3 is 2.28 bits per heavy atom. The maximum Gasteiger partial charge on any atom is 0.0819 e. The molecule has 1 aliphatic rings. The third-order valence-electron chi connectivity index (χ3n) is 3.44. The number of benzene rings is 1. The van der Waals surface area contributed by atoms with Crippen LogP contribution in [0.1, 0.15) is 32.1 Å². The Hall–Kier alpha value is -0.640. The van der Waals surface area contributed by atoms with Crippen molar-refractivity contribution < 1.29 is 5.11 Å². The highest BCUT2D eigenvalue weighted by Crippen LogP contribution is 2.34. The quantitative estimate of drug-likeness (QED) is 0.744. The second kappa shape index (κ2) is 5.55. The molecule has 2 rings (SSSR count). The fourth-order valence-electron chi connectivity index (χ4n) is 2.40. The molecule has 0 bridgehead atoms. The highest BCUT2D eigenvalue weighted by molar-refractivity contribution is 6.39. The van der Waals surface area contributed by atoms with E-state index in [2.05, 4.69) is 5.32 Å². The molecule has 0 atom stereocenters. The third-order valence-corrected chi connectivity index (χ3v) is 4.04. The minimum absolute atomic E-state index is 0.469. The molecule has 4 N–H and O–H groups in total. The third kappa shape index (κ3) is 3.22. The average molecular weight is 289 g/mol. The summed E-state index contributed by atoms with van der Waals surface area (Å²) < 4.78 is 0. The lowest BCUT2D eigenvalue weighted by atomic mass is 9.85. The number of rotatable bonds is 3. The van der Waals surface area contributed by atoms with Crippen molar-refractivity contribution in [3.63, 3.8) is 0 Å². The van der Waals surface area contributed by atoms with E-state index in [4.69, 9.17) is 28.9 Å². The zero-order valence-electron chi connectivity index (χ0n) is 10.2. The van der Waals surface area contributed by atoms with Crippen molar-refractivity contribution in [1.29, 1.82) is 0 Å². The van der Waals surface area contributed by atoms with Crippen LogP contribution in [0, 0.1) is 0 Å². The molecule has 0 aromatic heterocycles. The molecule has 0 unspecified atom stereocenters. The summed E-state index contributed by atoms with van der Waals surface area (Å²) in [7, 11) is 0. The van der Waals surface area contributed by atoms with Crippen LogP contribution < -0.4 is 11.1 Å². The minimum Gasteiger partial charge on any atom is -0.399 e. The second-order valence-electron chi connectivity index (χ2n) is 5.00. The maximum absolute atomic E-state index is 10.4. The Balaban J connectivity index is 2.06. The van der Waals surface area contributed by atoms with Crippen molar-refractivity contribution in [3.8, 4) is 0 Å². The van der Waals surface area contributed by atoms with Crippen LogP contribution in [0.4, 0.5) is 11.4 Å². The van der Waals surface area contributed by atoms with Gasteiger partial charge in [-0.05, 0) is 25.0 Å². The summed E-state index contributed by atoms with van der Waals surface area (Å²) in [6, 6.07) is 3.31. The Morgan fingerprint density at radius 1 is 1.17 bits per heavy atom. The van der Waals surface area contributed by atoms with Gasteiger partial charge >= 0.3 is 0 Å². The number of hydrogen-bond donors (Lipinski definition) is 3. The monoisotopic (exact) mass is 288 g/mol. The fraction of sp³-hybridized carbons (Fsp3) is 0.538. The zero-order chi connectivity index (χ0) is 13.2. The van der Waals surface area contributed by atoms with E-state index in [1.54, 1.807) is 12.1 Å². The first-order valence-electron chi connectivity index (χ1n) is 6.21. The van der Waals surface area contributed by atoms with Gasteiger partial charge in [0.15, 0.2) is 0 Å². The second-order valence-corrected chi connectivity index (χ2v) is 5.81. The van der Waals surface area contributed by atoms with Crippen LogP contribution in [-0.4, -0.2) is 17.3 Å². The molecule has 3 nitrogen and oxygen atoms in total. The molecule has 0 amide bonds. The summed E-state index contributed by atoms with van der Waals surface area (Å²) in [5.74, 6) is 0.